The van der Waals surface area contributed by atoms with Crippen LogP contribution < -0.4 is 4.90 Å². The molecule has 2 heteroatoms. The summed E-state index contributed by atoms with van der Waals surface area (Å²) in [6.45, 7) is 19.7. The number of fused-ring (bicyclic) bond motifs is 13. The minimum Gasteiger partial charge on any atom is -0.459 e. The van der Waals surface area contributed by atoms with E-state index in [1.165, 1.54) is 72.4 Å². The highest BCUT2D eigenvalue weighted by Crippen LogP contribution is 2.74. The molecule has 4 unspecified atom stereocenters. The van der Waals surface area contributed by atoms with E-state index in [1.807, 2.05) is 0 Å². The Hall–Kier alpha value is -5.08. The highest BCUT2D eigenvalue weighted by Gasteiger charge is 2.67. The van der Waals surface area contributed by atoms with Crippen molar-refractivity contribution < 1.29 is 4.42 Å². The molecule has 5 aromatic carbocycles. The van der Waals surface area contributed by atoms with Crippen LogP contribution in [0.5, 0.6) is 0 Å². The summed E-state index contributed by atoms with van der Waals surface area (Å²) in [5, 5.41) is 1.24. The molecule has 5 aliphatic rings. The number of hydrogen-bond donors (Lipinski definition) is 0. The lowest BCUT2D eigenvalue weighted by Gasteiger charge is -2.62. The predicted molar refractivity (Wildman–Crippen MR) is 215 cm³/mol. The third-order valence-electron chi connectivity index (χ3n) is 14.8. The van der Waals surface area contributed by atoms with Crippen molar-refractivity contribution in [2.24, 2.45) is 5.41 Å². The molecule has 0 saturated heterocycles. The first-order valence-corrected chi connectivity index (χ1v) is 19.1. The molecule has 1 aromatic heterocycles. The predicted octanol–water partition coefficient (Wildman–Crippen LogP) is 12.8. The second-order valence-corrected chi connectivity index (χ2v) is 17.7. The Morgan fingerprint density at radius 1 is 0.615 bits per heavy atom. The molecule has 6 aromatic rings. The summed E-state index contributed by atoms with van der Waals surface area (Å²) in [6.07, 6.45) is 2.68. The zero-order chi connectivity index (χ0) is 35.7. The second kappa shape index (κ2) is 9.28. The summed E-state index contributed by atoms with van der Waals surface area (Å²) in [6, 6.07) is 43.4. The Morgan fingerprint density at radius 3 is 2.04 bits per heavy atom. The fourth-order valence-corrected chi connectivity index (χ4v) is 12.3. The minimum absolute atomic E-state index is 0.0489. The van der Waals surface area contributed by atoms with Crippen LogP contribution in [0.2, 0.25) is 0 Å². The van der Waals surface area contributed by atoms with Gasteiger partial charge < -0.3 is 9.32 Å². The van der Waals surface area contributed by atoms with Gasteiger partial charge in [0.25, 0.3) is 0 Å². The van der Waals surface area contributed by atoms with E-state index in [-0.39, 0.29) is 22.2 Å². The minimum atomic E-state index is -0.492. The largest absolute Gasteiger partial charge is 0.459 e. The first kappa shape index (κ1) is 30.5. The average molecular weight is 676 g/mol. The van der Waals surface area contributed by atoms with Gasteiger partial charge >= 0.3 is 0 Å². The molecule has 4 atom stereocenters. The molecule has 11 rings (SSSR count). The number of furan rings is 1. The van der Waals surface area contributed by atoms with Crippen LogP contribution in [0.4, 0.5) is 11.4 Å². The normalized spacial score (nSPS) is 28.0. The molecule has 4 aliphatic carbocycles. The van der Waals surface area contributed by atoms with Gasteiger partial charge in [0.15, 0.2) is 0 Å². The topological polar surface area (TPSA) is 16.4 Å². The number of rotatable bonds is 1. The fourth-order valence-electron chi connectivity index (χ4n) is 12.3. The summed E-state index contributed by atoms with van der Waals surface area (Å²) in [4.78, 5) is 2.69. The van der Waals surface area contributed by atoms with Crippen LogP contribution in [0.1, 0.15) is 100 Å². The van der Waals surface area contributed by atoms with Gasteiger partial charge in [0.2, 0.25) is 0 Å². The second-order valence-electron chi connectivity index (χ2n) is 17.7. The van der Waals surface area contributed by atoms with Gasteiger partial charge in [-0.05, 0) is 93.8 Å². The van der Waals surface area contributed by atoms with Crippen LogP contribution >= 0.6 is 0 Å². The first-order chi connectivity index (χ1) is 24.9. The Bertz CT molecular complexity index is 2660. The summed E-state index contributed by atoms with van der Waals surface area (Å²) < 4.78 is 7.15. The molecule has 52 heavy (non-hydrogen) atoms. The zero-order valence-corrected chi connectivity index (χ0v) is 31.5. The Kier molecular flexibility index (Phi) is 5.45. The van der Waals surface area contributed by atoms with Crippen molar-refractivity contribution in [2.45, 2.75) is 83.1 Å². The van der Waals surface area contributed by atoms with E-state index < -0.39 is 11.0 Å². The molecule has 2 nitrogen and oxygen atoms in total. The SMILES string of the molecule is CC1C2=C3C(C)(c4ccccc4N(c4ccc5c(c4)-c4ccccc4C5(C)C)C3(C)C=C3c4ccccc4C(C)(C)C32C)c2oc3ccccc3c21. The Balaban J connectivity index is 1.29. The molecule has 0 fully saturated rings. The summed E-state index contributed by atoms with van der Waals surface area (Å²) in [5.41, 5.74) is 17.5. The smallest absolute Gasteiger partial charge is 0.134 e. The van der Waals surface area contributed by atoms with Gasteiger partial charge in [0.1, 0.15) is 11.3 Å². The van der Waals surface area contributed by atoms with E-state index in [0.717, 1.165) is 11.3 Å². The molecule has 0 bridgehead atoms. The van der Waals surface area contributed by atoms with Crippen molar-refractivity contribution in [1.29, 1.82) is 0 Å². The third kappa shape index (κ3) is 3.15. The highest BCUT2D eigenvalue weighted by molar-refractivity contribution is 5.96. The third-order valence-corrected chi connectivity index (χ3v) is 14.8. The van der Waals surface area contributed by atoms with Gasteiger partial charge in [-0.2, -0.15) is 0 Å². The molecule has 0 amide bonds. The van der Waals surface area contributed by atoms with Crippen molar-refractivity contribution >= 4 is 27.9 Å². The molecule has 0 saturated carbocycles. The molecule has 0 N–H and O–H groups in total. The Morgan fingerprint density at radius 2 is 1.25 bits per heavy atom. The maximum absolute atomic E-state index is 7.15. The molecule has 1 aliphatic heterocycles. The molecule has 256 valence electrons. The number of allylic oxidation sites excluding steroid dienone is 2. The zero-order valence-electron chi connectivity index (χ0n) is 31.5. The van der Waals surface area contributed by atoms with Gasteiger partial charge in [-0.25, -0.2) is 0 Å². The van der Waals surface area contributed by atoms with Gasteiger partial charge in [0.05, 0.1) is 11.0 Å². The van der Waals surface area contributed by atoms with Crippen LogP contribution in [0, 0.1) is 5.41 Å². The quantitative estimate of drug-likeness (QED) is 0.161. The first-order valence-electron chi connectivity index (χ1n) is 19.1. The van der Waals surface area contributed by atoms with E-state index in [2.05, 4.69) is 182 Å². The van der Waals surface area contributed by atoms with E-state index in [4.69, 9.17) is 4.42 Å². The van der Waals surface area contributed by atoms with Crippen molar-refractivity contribution in [3.8, 4) is 11.1 Å². The number of anilines is 2. The summed E-state index contributed by atoms with van der Waals surface area (Å²) in [7, 11) is 0. The van der Waals surface area contributed by atoms with Gasteiger partial charge in [-0.1, -0.05) is 139 Å². The standard InChI is InChI=1S/C50H45NO/c1-29-42-33-19-11-16-24-41(33)52-45(42)49(7)38-22-14-15-23-40(38)51(30-25-26-36-34(27-30)31-17-9-12-20-35(31)46(36,2)3)48(6)28-39-32-18-10-13-21-37(32)47(4,5)50(39,8)43(29)44(48)49/h9-29H,1-8H3. The van der Waals surface area contributed by atoms with Gasteiger partial charge in [-0.15, -0.1) is 0 Å². The van der Waals surface area contributed by atoms with Crippen LogP contribution in [-0.4, -0.2) is 5.54 Å². The van der Waals surface area contributed by atoms with E-state index in [0.29, 0.717) is 0 Å². The summed E-state index contributed by atoms with van der Waals surface area (Å²) >= 11 is 0. The van der Waals surface area contributed by atoms with Crippen molar-refractivity contribution in [3.63, 3.8) is 0 Å². The number of benzene rings is 5. The molecule has 2 heterocycles. The Labute approximate surface area is 307 Å². The van der Waals surface area contributed by atoms with Crippen molar-refractivity contribution in [2.75, 3.05) is 4.90 Å². The van der Waals surface area contributed by atoms with Crippen molar-refractivity contribution in [1.82, 2.24) is 0 Å². The van der Waals surface area contributed by atoms with Gasteiger partial charge in [-0.3, -0.25) is 0 Å². The fraction of sp³-hybridized carbons (Fsp3) is 0.280. The maximum Gasteiger partial charge on any atom is 0.134 e. The lowest BCUT2D eigenvalue weighted by Crippen LogP contribution is -2.60. The van der Waals surface area contributed by atoms with Crippen LogP contribution in [0.15, 0.2) is 137 Å². The number of para-hydroxylation sites is 2. The van der Waals surface area contributed by atoms with Crippen LogP contribution in [0.25, 0.3) is 27.7 Å². The molecular weight excluding hydrogens is 631 g/mol. The van der Waals surface area contributed by atoms with Gasteiger partial charge in [0, 0.05) is 44.5 Å². The number of nitrogens with zero attached hydrogens (tertiary/aromatic N) is 1. The highest BCUT2D eigenvalue weighted by atomic mass is 16.3. The lowest BCUT2D eigenvalue weighted by molar-refractivity contribution is 0.276. The molecular formula is C50H45NO. The molecule has 0 spiro atoms. The van der Waals surface area contributed by atoms with Crippen LogP contribution in [-0.2, 0) is 16.2 Å². The summed E-state index contributed by atoms with van der Waals surface area (Å²) in [5.74, 6) is 1.26. The van der Waals surface area contributed by atoms with Crippen molar-refractivity contribution in [3.05, 3.63) is 172 Å². The van der Waals surface area contributed by atoms with E-state index in [1.54, 1.807) is 5.57 Å². The van der Waals surface area contributed by atoms with E-state index >= 15 is 0 Å². The van der Waals surface area contributed by atoms with Crippen LogP contribution in [0.3, 0.4) is 0 Å². The molecule has 0 radical (unpaired) electrons. The maximum atomic E-state index is 7.15. The average Bonchev–Trinajstić information content (AvgIpc) is 3.70. The number of hydrogen-bond acceptors (Lipinski definition) is 2. The monoisotopic (exact) mass is 675 g/mol. The lowest BCUT2D eigenvalue weighted by atomic mass is 9.46. The van der Waals surface area contributed by atoms with E-state index in [9.17, 15) is 0 Å².